The molecule has 0 saturated heterocycles. The maximum atomic E-state index is 10.4. The van der Waals surface area contributed by atoms with Gasteiger partial charge >= 0.3 is 11.9 Å². The second kappa shape index (κ2) is 5.32. The quantitative estimate of drug-likeness (QED) is 0.322. The summed E-state index contributed by atoms with van der Waals surface area (Å²) in [6.45, 7) is -0.870. The van der Waals surface area contributed by atoms with Gasteiger partial charge in [0, 0.05) is 6.08 Å². The molecule has 0 aliphatic rings. The number of aliphatic hydroxyl groups is 3. The van der Waals surface area contributed by atoms with E-state index in [4.69, 9.17) is 25.5 Å². The number of carboxylic acid groups (broad SMARTS) is 2. The highest BCUT2D eigenvalue weighted by Gasteiger charge is 2.25. The fourth-order valence-corrected chi connectivity index (χ4v) is 0.714. The van der Waals surface area contributed by atoms with Crippen molar-refractivity contribution in [2.45, 2.75) is 12.2 Å². The Bertz CT molecular complexity index is 257. The summed E-state index contributed by atoms with van der Waals surface area (Å²) in [7, 11) is 0. The largest absolute Gasteiger partial charge is 0.478 e. The highest BCUT2D eigenvalue weighted by atomic mass is 16.4. The van der Waals surface area contributed by atoms with Crippen LogP contribution in [0.3, 0.4) is 0 Å². The zero-order valence-electron chi connectivity index (χ0n) is 6.99. The zero-order chi connectivity index (χ0) is 11.3. The molecule has 7 nitrogen and oxygen atoms in total. The Morgan fingerprint density at radius 2 is 1.71 bits per heavy atom. The van der Waals surface area contributed by atoms with Gasteiger partial charge in [-0.15, -0.1) is 0 Å². The van der Waals surface area contributed by atoms with E-state index >= 15 is 0 Å². The van der Waals surface area contributed by atoms with Gasteiger partial charge in [0.15, 0.2) is 0 Å². The average Bonchev–Trinajstić information content (AvgIpc) is 2.11. The third-order valence-electron chi connectivity index (χ3n) is 1.40. The topological polar surface area (TPSA) is 135 Å². The van der Waals surface area contributed by atoms with Crippen LogP contribution in [0.5, 0.6) is 0 Å². The van der Waals surface area contributed by atoms with Crippen LogP contribution in [0.25, 0.3) is 0 Å². The van der Waals surface area contributed by atoms with Gasteiger partial charge in [0.25, 0.3) is 0 Å². The van der Waals surface area contributed by atoms with Crippen molar-refractivity contribution in [3.05, 3.63) is 11.6 Å². The summed E-state index contributed by atoms with van der Waals surface area (Å²) in [6.07, 6.45) is -3.41. The third-order valence-corrected chi connectivity index (χ3v) is 1.40. The number of carbonyl (C=O) groups is 2. The monoisotopic (exact) mass is 206 g/mol. The third kappa shape index (κ3) is 3.52. The van der Waals surface area contributed by atoms with Gasteiger partial charge in [-0.05, 0) is 0 Å². The van der Waals surface area contributed by atoms with Crippen molar-refractivity contribution in [3.63, 3.8) is 0 Å². The molecule has 80 valence electrons. The first-order valence-electron chi connectivity index (χ1n) is 3.55. The number of hydrogen-bond acceptors (Lipinski definition) is 5. The summed E-state index contributed by atoms with van der Waals surface area (Å²) in [5, 5.41) is 43.0. The van der Waals surface area contributed by atoms with Crippen LogP contribution in [-0.2, 0) is 9.59 Å². The Morgan fingerprint density at radius 3 is 2.00 bits per heavy atom. The van der Waals surface area contributed by atoms with Crippen LogP contribution in [0.15, 0.2) is 11.6 Å². The maximum absolute atomic E-state index is 10.4. The van der Waals surface area contributed by atoms with E-state index < -0.39 is 36.3 Å². The molecule has 0 amide bonds. The first-order chi connectivity index (χ1) is 6.40. The zero-order valence-corrected chi connectivity index (χ0v) is 6.99. The van der Waals surface area contributed by atoms with Crippen LogP contribution in [-0.4, -0.2) is 56.3 Å². The fourth-order valence-electron chi connectivity index (χ4n) is 0.714. The van der Waals surface area contributed by atoms with E-state index in [1.165, 1.54) is 0 Å². The van der Waals surface area contributed by atoms with Crippen LogP contribution in [0.4, 0.5) is 0 Å². The standard InChI is InChI=1S/C7H10O7/c8-2-4(9)6(12)3(7(13)14)1-5(10)11/h1,4,6,8-9,12H,2H2,(H,10,11)(H,13,14)/b3-1+. The van der Waals surface area contributed by atoms with Gasteiger partial charge in [-0.3, -0.25) is 0 Å². The molecule has 0 aromatic carbocycles. The minimum Gasteiger partial charge on any atom is -0.478 e. The number of aliphatic carboxylic acids is 2. The predicted octanol–water partition coefficient (Wildman–Crippen LogP) is -2.20. The van der Waals surface area contributed by atoms with Gasteiger partial charge in [0.05, 0.1) is 12.2 Å². The molecule has 14 heavy (non-hydrogen) atoms. The number of rotatable bonds is 5. The van der Waals surface area contributed by atoms with E-state index in [1.54, 1.807) is 0 Å². The van der Waals surface area contributed by atoms with Gasteiger partial charge in [-0.1, -0.05) is 0 Å². The molecule has 0 aromatic rings. The molecule has 0 aliphatic heterocycles. The second-order valence-electron chi connectivity index (χ2n) is 2.44. The van der Waals surface area contributed by atoms with Crippen molar-refractivity contribution in [1.82, 2.24) is 0 Å². The van der Waals surface area contributed by atoms with E-state index in [2.05, 4.69) is 0 Å². The predicted molar refractivity (Wildman–Crippen MR) is 42.5 cm³/mol. The lowest BCUT2D eigenvalue weighted by Crippen LogP contribution is -2.34. The van der Waals surface area contributed by atoms with E-state index in [9.17, 15) is 9.59 Å². The van der Waals surface area contributed by atoms with Gasteiger partial charge in [0.1, 0.15) is 12.2 Å². The van der Waals surface area contributed by atoms with Crippen molar-refractivity contribution in [1.29, 1.82) is 0 Å². The molecule has 0 heterocycles. The van der Waals surface area contributed by atoms with Crippen LogP contribution in [0, 0.1) is 0 Å². The Labute approximate surface area is 78.5 Å². The first kappa shape index (κ1) is 12.6. The van der Waals surface area contributed by atoms with Crippen LogP contribution >= 0.6 is 0 Å². The molecular weight excluding hydrogens is 196 g/mol. The molecule has 7 heteroatoms. The Morgan fingerprint density at radius 1 is 1.21 bits per heavy atom. The van der Waals surface area contributed by atoms with Crippen molar-refractivity contribution in [2.24, 2.45) is 0 Å². The summed E-state index contributed by atoms with van der Waals surface area (Å²) < 4.78 is 0. The van der Waals surface area contributed by atoms with Gasteiger partial charge in [-0.2, -0.15) is 0 Å². The Kier molecular flexibility index (Phi) is 4.78. The van der Waals surface area contributed by atoms with Crippen LogP contribution in [0.2, 0.25) is 0 Å². The molecule has 0 aromatic heterocycles. The van der Waals surface area contributed by atoms with Crippen molar-refractivity contribution in [3.8, 4) is 0 Å². The highest BCUT2D eigenvalue weighted by molar-refractivity contribution is 5.95. The molecule has 0 saturated carbocycles. The van der Waals surface area contributed by atoms with Crippen molar-refractivity contribution < 1.29 is 35.1 Å². The molecular formula is C7H10O7. The van der Waals surface area contributed by atoms with E-state index in [1.807, 2.05) is 0 Å². The fraction of sp³-hybridized carbons (Fsp3) is 0.429. The van der Waals surface area contributed by atoms with E-state index in [0.29, 0.717) is 0 Å². The molecule has 2 unspecified atom stereocenters. The molecule has 0 bridgehead atoms. The van der Waals surface area contributed by atoms with Gasteiger partial charge < -0.3 is 25.5 Å². The summed E-state index contributed by atoms with van der Waals surface area (Å²) in [4.78, 5) is 20.5. The second-order valence-corrected chi connectivity index (χ2v) is 2.44. The molecule has 0 fully saturated rings. The minimum atomic E-state index is -1.94. The van der Waals surface area contributed by atoms with Crippen molar-refractivity contribution >= 4 is 11.9 Å². The summed E-state index contributed by atoms with van der Waals surface area (Å²) in [5.74, 6) is -3.24. The molecule has 5 N–H and O–H groups in total. The SMILES string of the molecule is O=C(O)/C=C(/C(=O)O)C(O)C(O)CO. The Hall–Kier alpha value is -1.44. The lowest BCUT2D eigenvalue weighted by Gasteiger charge is -2.15. The van der Waals surface area contributed by atoms with E-state index in [0.717, 1.165) is 0 Å². The summed E-state index contributed by atoms with van der Waals surface area (Å²) in [5.41, 5.74) is -0.890. The molecule has 0 aliphatic carbocycles. The number of aliphatic hydroxyl groups excluding tert-OH is 3. The van der Waals surface area contributed by atoms with Crippen LogP contribution in [0.1, 0.15) is 0 Å². The Balaban J connectivity index is 4.84. The maximum Gasteiger partial charge on any atom is 0.334 e. The van der Waals surface area contributed by atoms with Crippen LogP contribution < -0.4 is 0 Å². The lowest BCUT2D eigenvalue weighted by atomic mass is 10.0. The molecule has 2 atom stereocenters. The molecule has 0 spiro atoms. The van der Waals surface area contributed by atoms with E-state index in [-0.39, 0.29) is 6.08 Å². The van der Waals surface area contributed by atoms with Crippen molar-refractivity contribution in [2.75, 3.05) is 6.61 Å². The average molecular weight is 206 g/mol. The minimum absolute atomic E-state index is 0.256. The first-order valence-corrected chi connectivity index (χ1v) is 3.55. The summed E-state index contributed by atoms with van der Waals surface area (Å²) in [6, 6.07) is 0. The highest BCUT2D eigenvalue weighted by Crippen LogP contribution is 2.07. The number of hydrogen-bond donors (Lipinski definition) is 5. The molecule has 0 radical (unpaired) electrons. The smallest absolute Gasteiger partial charge is 0.334 e. The summed E-state index contributed by atoms with van der Waals surface area (Å²) >= 11 is 0. The number of carboxylic acids is 2. The van der Waals surface area contributed by atoms with Gasteiger partial charge in [-0.25, -0.2) is 9.59 Å². The van der Waals surface area contributed by atoms with Gasteiger partial charge in [0.2, 0.25) is 0 Å². The lowest BCUT2D eigenvalue weighted by molar-refractivity contribution is -0.137. The molecule has 0 rings (SSSR count). The normalized spacial score (nSPS) is 16.1.